The van der Waals surface area contributed by atoms with E-state index in [0.29, 0.717) is 29.2 Å². The zero-order valence-electron chi connectivity index (χ0n) is 17.7. The molecule has 1 saturated carbocycles. The first kappa shape index (κ1) is 22.2. The number of nitrogens with zero attached hydrogens (tertiary/aromatic N) is 3. The summed E-state index contributed by atoms with van der Waals surface area (Å²) in [7, 11) is 1.63. The molecule has 7 nitrogen and oxygen atoms in total. The maximum Gasteiger partial charge on any atom is 0.230 e. The lowest BCUT2D eigenvalue weighted by Gasteiger charge is -2.29. The minimum atomic E-state index is 0.0444. The van der Waals surface area contributed by atoms with Gasteiger partial charge < -0.3 is 14.8 Å². The summed E-state index contributed by atoms with van der Waals surface area (Å²) in [6.45, 7) is 6.86. The first-order chi connectivity index (χ1) is 14.6. The summed E-state index contributed by atoms with van der Waals surface area (Å²) in [6.07, 6.45) is 6.48. The first-order valence-electron chi connectivity index (χ1n) is 10.3. The third-order valence-corrected chi connectivity index (χ3v) is 6.29. The third-order valence-electron chi connectivity index (χ3n) is 5.32. The van der Waals surface area contributed by atoms with Crippen molar-refractivity contribution in [1.29, 1.82) is 0 Å². The average Bonchev–Trinajstić information content (AvgIpc) is 3.14. The zero-order valence-corrected chi connectivity index (χ0v) is 18.5. The van der Waals surface area contributed by atoms with Gasteiger partial charge in [-0.1, -0.05) is 37.6 Å². The lowest BCUT2D eigenvalue weighted by Crippen LogP contribution is -2.41. The fraction of sp³-hybridized carbons (Fsp3) is 0.500. The van der Waals surface area contributed by atoms with Crippen LogP contribution in [0.2, 0.25) is 0 Å². The summed E-state index contributed by atoms with van der Waals surface area (Å²) in [5.74, 6) is 3.09. The number of amides is 1. The average molecular weight is 431 g/mol. The summed E-state index contributed by atoms with van der Waals surface area (Å²) < 4.78 is 12.9. The van der Waals surface area contributed by atoms with Gasteiger partial charge in [-0.3, -0.25) is 9.36 Å². The molecule has 1 aromatic carbocycles. The molecule has 1 aromatic heterocycles. The molecule has 3 rings (SSSR count). The Morgan fingerprint density at radius 1 is 1.27 bits per heavy atom. The molecular formula is C22H30N4O3S. The van der Waals surface area contributed by atoms with Gasteiger partial charge in [0.05, 0.1) is 12.9 Å². The molecule has 1 fully saturated rings. The van der Waals surface area contributed by atoms with Crippen LogP contribution in [0.3, 0.4) is 0 Å². The monoisotopic (exact) mass is 430 g/mol. The maximum atomic E-state index is 12.4. The molecule has 1 N–H and O–H groups in total. The van der Waals surface area contributed by atoms with Crippen molar-refractivity contribution in [2.45, 2.75) is 57.0 Å². The number of carbonyl (C=O) groups is 1. The van der Waals surface area contributed by atoms with Gasteiger partial charge in [0.15, 0.2) is 11.0 Å². The van der Waals surface area contributed by atoms with Gasteiger partial charge in [-0.2, -0.15) is 0 Å². The quantitative estimate of drug-likeness (QED) is 0.456. The molecule has 0 unspecified atom stereocenters. The predicted molar refractivity (Wildman–Crippen MR) is 118 cm³/mol. The number of rotatable bonds is 10. The first-order valence-corrected chi connectivity index (χ1v) is 11.3. The summed E-state index contributed by atoms with van der Waals surface area (Å²) in [5.41, 5.74) is 0. The van der Waals surface area contributed by atoms with Crippen LogP contribution in [0, 0.1) is 5.92 Å². The highest BCUT2D eigenvalue weighted by atomic mass is 32.2. The Morgan fingerprint density at radius 2 is 2.00 bits per heavy atom. The summed E-state index contributed by atoms with van der Waals surface area (Å²) in [5, 5.41) is 12.4. The largest absolute Gasteiger partial charge is 0.497 e. The Morgan fingerprint density at radius 3 is 2.70 bits per heavy atom. The Bertz CT molecular complexity index is 837. The number of hydrogen-bond acceptors (Lipinski definition) is 6. The molecule has 1 aliphatic carbocycles. The second-order valence-electron chi connectivity index (χ2n) is 7.49. The topological polar surface area (TPSA) is 78.3 Å². The lowest BCUT2D eigenvalue weighted by molar-refractivity contribution is -0.119. The molecule has 1 amide bonds. The second kappa shape index (κ2) is 11.1. The SMILES string of the molecule is C=CCn1c(COc2ccc(OC)cc2)nnc1SCC(=O)N[C@H]1CCCC[C@H]1C. The van der Waals surface area contributed by atoms with Crippen LogP contribution in [0.25, 0.3) is 0 Å². The number of nitrogens with one attached hydrogen (secondary N) is 1. The highest BCUT2D eigenvalue weighted by molar-refractivity contribution is 7.99. The molecule has 1 heterocycles. The lowest BCUT2D eigenvalue weighted by atomic mass is 9.86. The number of benzene rings is 1. The van der Waals surface area contributed by atoms with Crippen LogP contribution in [0.1, 0.15) is 38.4 Å². The van der Waals surface area contributed by atoms with Gasteiger partial charge >= 0.3 is 0 Å². The standard InChI is InChI=1S/C22H30N4O3S/c1-4-13-26-20(14-29-18-11-9-17(28-3)10-12-18)24-25-22(26)30-15-21(27)23-19-8-6-5-7-16(19)2/h4,9-12,16,19H,1,5-8,13-15H2,2-3H3,(H,23,27)/t16-,19+/m1/s1. The molecular weight excluding hydrogens is 400 g/mol. The van der Waals surface area contributed by atoms with Gasteiger partial charge in [-0.25, -0.2) is 0 Å². The van der Waals surface area contributed by atoms with E-state index in [2.05, 4.69) is 29.0 Å². The van der Waals surface area contributed by atoms with Crippen LogP contribution < -0.4 is 14.8 Å². The van der Waals surface area contributed by atoms with E-state index in [0.717, 1.165) is 17.9 Å². The van der Waals surface area contributed by atoms with Gasteiger partial charge in [0.1, 0.15) is 18.1 Å². The predicted octanol–water partition coefficient (Wildman–Crippen LogP) is 3.84. The van der Waals surface area contributed by atoms with Crippen molar-refractivity contribution in [3.8, 4) is 11.5 Å². The highest BCUT2D eigenvalue weighted by Gasteiger charge is 2.23. The van der Waals surface area contributed by atoms with E-state index in [9.17, 15) is 4.79 Å². The van der Waals surface area contributed by atoms with Crippen molar-refractivity contribution in [3.05, 3.63) is 42.7 Å². The molecule has 0 spiro atoms. The van der Waals surface area contributed by atoms with Crippen LogP contribution in [0.15, 0.2) is 42.1 Å². The Kier molecular flexibility index (Phi) is 8.19. The molecule has 162 valence electrons. The smallest absolute Gasteiger partial charge is 0.230 e. The van der Waals surface area contributed by atoms with Gasteiger partial charge in [-0.15, -0.1) is 16.8 Å². The number of hydrogen-bond donors (Lipinski definition) is 1. The summed E-state index contributed by atoms with van der Waals surface area (Å²) in [6, 6.07) is 7.66. The van der Waals surface area contributed by atoms with Crippen molar-refractivity contribution in [2.75, 3.05) is 12.9 Å². The van der Waals surface area contributed by atoms with Gasteiger partial charge in [0, 0.05) is 12.6 Å². The molecule has 0 bridgehead atoms. The fourth-order valence-electron chi connectivity index (χ4n) is 3.57. The van der Waals surface area contributed by atoms with E-state index in [-0.39, 0.29) is 18.6 Å². The van der Waals surface area contributed by atoms with E-state index >= 15 is 0 Å². The Balaban J connectivity index is 1.56. The minimum absolute atomic E-state index is 0.0444. The molecule has 2 atom stereocenters. The second-order valence-corrected chi connectivity index (χ2v) is 8.43. The Hall–Kier alpha value is -2.48. The number of thioether (sulfide) groups is 1. The number of ether oxygens (including phenoxy) is 2. The Labute approximate surface area is 182 Å². The highest BCUT2D eigenvalue weighted by Crippen LogP contribution is 2.24. The van der Waals surface area contributed by atoms with E-state index in [4.69, 9.17) is 9.47 Å². The summed E-state index contributed by atoms with van der Waals surface area (Å²) >= 11 is 1.39. The third kappa shape index (κ3) is 6.01. The van der Waals surface area contributed by atoms with Crippen molar-refractivity contribution in [1.82, 2.24) is 20.1 Å². The fourth-order valence-corrected chi connectivity index (χ4v) is 4.35. The molecule has 0 radical (unpaired) electrons. The molecule has 0 aliphatic heterocycles. The number of carbonyl (C=O) groups excluding carboxylic acids is 1. The van der Waals surface area contributed by atoms with E-state index in [1.165, 1.54) is 31.0 Å². The molecule has 2 aromatic rings. The van der Waals surface area contributed by atoms with Crippen LogP contribution >= 0.6 is 11.8 Å². The normalized spacial score (nSPS) is 18.6. The van der Waals surface area contributed by atoms with Crippen LogP contribution in [-0.2, 0) is 17.9 Å². The van der Waals surface area contributed by atoms with Crippen LogP contribution in [0.4, 0.5) is 0 Å². The minimum Gasteiger partial charge on any atom is -0.497 e. The van der Waals surface area contributed by atoms with E-state index in [1.807, 2.05) is 28.8 Å². The van der Waals surface area contributed by atoms with Crippen LogP contribution in [-0.4, -0.2) is 39.6 Å². The van der Waals surface area contributed by atoms with Gasteiger partial charge in [-0.05, 0) is 43.0 Å². The van der Waals surface area contributed by atoms with Crippen molar-refractivity contribution < 1.29 is 14.3 Å². The van der Waals surface area contributed by atoms with Crippen molar-refractivity contribution in [2.24, 2.45) is 5.92 Å². The number of allylic oxidation sites excluding steroid dienone is 1. The maximum absolute atomic E-state index is 12.4. The van der Waals surface area contributed by atoms with Gasteiger partial charge in [0.25, 0.3) is 0 Å². The van der Waals surface area contributed by atoms with Gasteiger partial charge in [0.2, 0.25) is 5.91 Å². The van der Waals surface area contributed by atoms with E-state index < -0.39 is 0 Å². The molecule has 0 saturated heterocycles. The summed E-state index contributed by atoms with van der Waals surface area (Å²) in [4.78, 5) is 12.4. The molecule has 1 aliphatic rings. The van der Waals surface area contributed by atoms with Crippen molar-refractivity contribution in [3.63, 3.8) is 0 Å². The zero-order chi connectivity index (χ0) is 21.3. The number of aromatic nitrogens is 3. The number of methoxy groups -OCH3 is 1. The molecule has 30 heavy (non-hydrogen) atoms. The van der Waals surface area contributed by atoms with Crippen molar-refractivity contribution >= 4 is 17.7 Å². The molecule has 8 heteroatoms. The van der Waals surface area contributed by atoms with Crippen LogP contribution in [0.5, 0.6) is 11.5 Å². The van der Waals surface area contributed by atoms with E-state index in [1.54, 1.807) is 13.2 Å².